The summed E-state index contributed by atoms with van der Waals surface area (Å²) in [6.45, 7) is -4.79. The molecule has 0 heterocycles. The molecule has 0 amide bonds. The minimum Gasteiger partial charge on any atom is -0.394 e. The number of rotatable bonds is 21. The Morgan fingerprint density at radius 3 is 1.34 bits per heavy atom. The van der Waals surface area contributed by atoms with Crippen LogP contribution in [-0.4, -0.2) is 166 Å². The van der Waals surface area contributed by atoms with Gasteiger partial charge in [0, 0.05) is 0 Å². The second-order valence-electron chi connectivity index (χ2n) is 7.15. The average molecular weight is 478 g/mol. The number of aliphatic hydroxyl groups is 10. The summed E-state index contributed by atoms with van der Waals surface area (Å²) in [5.74, 6) is 0. The third kappa shape index (κ3) is 13.9. The molecule has 14 nitrogen and oxygen atoms in total. The first-order chi connectivity index (χ1) is 15.2. The van der Waals surface area contributed by atoms with Crippen molar-refractivity contribution in [2.45, 2.75) is 48.8 Å². The molecule has 0 saturated carbocycles. The Kier molecular flexibility index (Phi) is 18.5. The summed E-state index contributed by atoms with van der Waals surface area (Å²) >= 11 is 0. The first-order valence-corrected chi connectivity index (χ1v) is 10.1. The monoisotopic (exact) mass is 478 g/mol. The molecule has 0 aliphatic carbocycles. The van der Waals surface area contributed by atoms with E-state index in [0.717, 1.165) is 0 Å². The maximum absolute atomic E-state index is 10.8. The van der Waals surface area contributed by atoms with Crippen LogP contribution >= 0.6 is 0 Å². The van der Waals surface area contributed by atoms with Crippen molar-refractivity contribution < 1.29 is 70.0 Å². The predicted octanol–water partition coefficient (Wildman–Crippen LogP) is -6.08. The van der Waals surface area contributed by atoms with E-state index in [4.69, 9.17) is 39.4 Å². The maximum atomic E-state index is 10.8. The van der Waals surface area contributed by atoms with Crippen molar-refractivity contribution >= 4 is 0 Å². The van der Waals surface area contributed by atoms with Crippen molar-refractivity contribution in [3.63, 3.8) is 0 Å². The summed E-state index contributed by atoms with van der Waals surface area (Å²) in [4.78, 5) is 0. The Hall–Kier alpha value is -0.560. The standard InChI is InChI=1S/C18H38O14/c19-1-11(23)5-29-9-15(27)18(32-8-14(26)4-22)17(28)16(31-7-13(25)3-21)10-30-6-12(24)2-20/h11-28H,1-10H2. The van der Waals surface area contributed by atoms with Crippen LogP contribution in [0.3, 0.4) is 0 Å². The largest absolute Gasteiger partial charge is 0.394 e. The van der Waals surface area contributed by atoms with Crippen LogP contribution in [0.4, 0.5) is 0 Å². The van der Waals surface area contributed by atoms with Crippen molar-refractivity contribution in [3.8, 4) is 0 Å². The Labute approximate surface area is 185 Å². The van der Waals surface area contributed by atoms with Gasteiger partial charge in [0.25, 0.3) is 0 Å². The van der Waals surface area contributed by atoms with E-state index in [1.54, 1.807) is 0 Å². The molecule has 0 aliphatic rings. The van der Waals surface area contributed by atoms with Crippen LogP contribution in [0.1, 0.15) is 0 Å². The van der Waals surface area contributed by atoms with Gasteiger partial charge in [-0.3, -0.25) is 0 Å². The second-order valence-corrected chi connectivity index (χ2v) is 7.15. The molecule has 0 spiro atoms. The molecule has 0 bridgehead atoms. The van der Waals surface area contributed by atoms with Crippen LogP contribution in [0.25, 0.3) is 0 Å². The van der Waals surface area contributed by atoms with Crippen molar-refractivity contribution in [3.05, 3.63) is 0 Å². The fourth-order valence-corrected chi connectivity index (χ4v) is 2.30. The molecule has 8 unspecified atom stereocenters. The first-order valence-electron chi connectivity index (χ1n) is 10.1. The van der Waals surface area contributed by atoms with E-state index in [1.165, 1.54) is 0 Å². The molecule has 8 atom stereocenters. The highest BCUT2D eigenvalue weighted by molar-refractivity contribution is 4.84. The average Bonchev–Trinajstić information content (AvgIpc) is 2.79. The molecular weight excluding hydrogens is 440 g/mol. The van der Waals surface area contributed by atoms with E-state index >= 15 is 0 Å². The SMILES string of the molecule is OCC(O)COCC(O)C(OCC(O)CO)C(O)C(COCC(O)CO)OCC(O)CO. The van der Waals surface area contributed by atoms with Gasteiger partial charge in [-0.25, -0.2) is 0 Å². The molecule has 194 valence electrons. The summed E-state index contributed by atoms with van der Waals surface area (Å²) in [5, 5.41) is 94.4. The zero-order chi connectivity index (χ0) is 24.5. The number of hydrogen-bond donors (Lipinski definition) is 10. The molecule has 0 rings (SSSR count). The topological polar surface area (TPSA) is 239 Å². The smallest absolute Gasteiger partial charge is 0.114 e. The molecule has 14 heteroatoms. The summed E-state index contributed by atoms with van der Waals surface area (Å²) < 4.78 is 20.9. The van der Waals surface area contributed by atoms with Gasteiger partial charge in [-0.15, -0.1) is 0 Å². The highest BCUT2D eigenvalue weighted by atomic mass is 16.6. The predicted molar refractivity (Wildman–Crippen MR) is 106 cm³/mol. The summed E-state index contributed by atoms with van der Waals surface area (Å²) in [6.07, 6.45) is -10.9. The lowest BCUT2D eigenvalue weighted by Gasteiger charge is -2.33. The molecular formula is C18H38O14. The molecule has 0 aromatic heterocycles. The second kappa shape index (κ2) is 18.8. The zero-order valence-corrected chi connectivity index (χ0v) is 17.8. The van der Waals surface area contributed by atoms with E-state index in [9.17, 15) is 30.6 Å². The molecule has 0 aromatic carbocycles. The van der Waals surface area contributed by atoms with E-state index in [2.05, 4.69) is 0 Å². The van der Waals surface area contributed by atoms with Crippen LogP contribution in [0, 0.1) is 0 Å². The molecule has 10 N–H and O–H groups in total. The van der Waals surface area contributed by atoms with Crippen LogP contribution < -0.4 is 0 Å². The number of ether oxygens (including phenoxy) is 4. The van der Waals surface area contributed by atoms with E-state index in [0.29, 0.717) is 0 Å². The molecule has 0 aliphatic heterocycles. The molecule has 0 fully saturated rings. The third-order valence-corrected chi connectivity index (χ3v) is 4.11. The Morgan fingerprint density at radius 2 is 0.875 bits per heavy atom. The van der Waals surface area contributed by atoms with Crippen molar-refractivity contribution in [2.75, 3.05) is 66.1 Å². The summed E-state index contributed by atoms with van der Waals surface area (Å²) in [6, 6.07) is 0. The van der Waals surface area contributed by atoms with Gasteiger partial charge in [-0.1, -0.05) is 0 Å². The molecule has 0 saturated heterocycles. The van der Waals surface area contributed by atoms with Crippen LogP contribution in [-0.2, 0) is 18.9 Å². The van der Waals surface area contributed by atoms with E-state index < -0.39 is 95.1 Å². The normalized spacial score (nSPS) is 19.7. The fraction of sp³-hybridized carbons (Fsp3) is 1.00. The molecule has 0 aromatic rings. The lowest BCUT2D eigenvalue weighted by molar-refractivity contribution is -0.186. The Morgan fingerprint density at radius 1 is 0.469 bits per heavy atom. The van der Waals surface area contributed by atoms with Gasteiger partial charge in [0.05, 0.1) is 66.1 Å². The Balaban J connectivity index is 5.25. The van der Waals surface area contributed by atoms with Gasteiger partial charge in [-0.2, -0.15) is 0 Å². The fourth-order valence-electron chi connectivity index (χ4n) is 2.30. The molecule has 0 radical (unpaired) electrons. The summed E-state index contributed by atoms with van der Waals surface area (Å²) in [7, 11) is 0. The third-order valence-electron chi connectivity index (χ3n) is 4.11. The van der Waals surface area contributed by atoms with Gasteiger partial charge < -0.3 is 70.0 Å². The minimum absolute atomic E-state index is 0.314. The van der Waals surface area contributed by atoms with Crippen LogP contribution in [0.15, 0.2) is 0 Å². The van der Waals surface area contributed by atoms with Crippen molar-refractivity contribution in [2.24, 2.45) is 0 Å². The highest BCUT2D eigenvalue weighted by Crippen LogP contribution is 2.15. The van der Waals surface area contributed by atoms with Gasteiger partial charge >= 0.3 is 0 Å². The molecule has 32 heavy (non-hydrogen) atoms. The van der Waals surface area contributed by atoms with Crippen molar-refractivity contribution in [1.29, 1.82) is 0 Å². The van der Waals surface area contributed by atoms with Crippen LogP contribution in [0.5, 0.6) is 0 Å². The highest BCUT2D eigenvalue weighted by Gasteiger charge is 2.36. The Bertz CT molecular complexity index is 430. The van der Waals surface area contributed by atoms with Gasteiger partial charge in [-0.05, 0) is 0 Å². The maximum Gasteiger partial charge on any atom is 0.114 e. The minimum atomic E-state index is -1.65. The van der Waals surface area contributed by atoms with Crippen molar-refractivity contribution in [1.82, 2.24) is 0 Å². The quantitative estimate of drug-likeness (QED) is 0.0739. The van der Waals surface area contributed by atoms with Gasteiger partial charge in [0.2, 0.25) is 0 Å². The lowest BCUT2D eigenvalue weighted by Crippen LogP contribution is -2.51. The first kappa shape index (κ1) is 31.4. The summed E-state index contributed by atoms with van der Waals surface area (Å²) in [5.41, 5.74) is 0. The number of hydrogen-bond acceptors (Lipinski definition) is 14. The lowest BCUT2D eigenvalue weighted by atomic mass is 10.0. The van der Waals surface area contributed by atoms with E-state index in [-0.39, 0.29) is 19.8 Å². The van der Waals surface area contributed by atoms with Gasteiger partial charge in [0.15, 0.2) is 0 Å². The zero-order valence-electron chi connectivity index (χ0n) is 17.8. The van der Waals surface area contributed by atoms with Crippen LogP contribution in [0.2, 0.25) is 0 Å². The number of aliphatic hydroxyl groups excluding tert-OH is 10. The van der Waals surface area contributed by atoms with Gasteiger partial charge in [0.1, 0.15) is 48.8 Å². The van der Waals surface area contributed by atoms with E-state index in [1.807, 2.05) is 0 Å².